The minimum absolute atomic E-state index is 0.120. The summed E-state index contributed by atoms with van der Waals surface area (Å²) in [7, 11) is 0. The Morgan fingerprint density at radius 3 is 2.38 bits per heavy atom. The van der Waals surface area contributed by atoms with E-state index in [0.29, 0.717) is 5.82 Å². The summed E-state index contributed by atoms with van der Waals surface area (Å²) in [6.45, 7) is 6.35. The Morgan fingerprint density at radius 1 is 1.31 bits per heavy atom. The van der Waals surface area contributed by atoms with E-state index in [1.807, 2.05) is 0 Å². The molecule has 6 nitrogen and oxygen atoms in total. The first kappa shape index (κ1) is 13.4. The van der Waals surface area contributed by atoms with Crippen LogP contribution in [0, 0.1) is 0 Å². The molecule has 0 fully saturated rings. The molecule has 0 atom stereocenters. The first-order valence-corrected chi connectivity index (χ1v) is 12.8. The quantitative estimate of drug-likeness (QED) is 0.794. The van der Waals surface area contributed by atoms with Crippen LogP contribution in [0.4, 0.5) is 0 Å². The van der Waals surface area contributed by atoms with E-state index in [1.54, 1.807) is 0 Å². The van der Waals surface area contributed by atoms with E-state index in [1.165, 1.54) is 0 Å². The summed E-state index contributed by atoms with van der Waals surface area (Å²) in [5.41, 5.74) is 0. The predicted octanol–water partition coefficient (Wildman–Crippen LogP) is 1.29. The van der Waals surface area contributed by atoms with Crippen molar-refractivity contribution in [2.24, 2.45) is 0 Å². The third-order valence-corrected chi connectivity index (χ3v) is 15.9. The van der Waals surface area contributed by atoms with Crippen molar-refractivity contribution in [1.82, 2.24) is 20.6 Å². The maximum absolute atomic E-state index is 11.7. The normalized spacial score (nSPS) is 11.4. The molecule has 16 heavy (non-hydrogen) atoms. The summed E-state index contributed by atoms with van der Waals surface area (Å²) >= 11 is -2.62. The van der Waals surface area contributed by atoms with Crippen molar-refractivity contribution >= 4 is 24.8 Å². The fraction of sp³-hybridized carbons (Fsp3) is 0.778. The average molecular weight is 333 g/mol. The summed E-state index contributed by atoms with van der Waals surface area (Å²) in [5.74, 6) is 0.191. The number of H-pyrrole nitrogens is 1. The molecule has 1 aromatic heterocycles. The summed E-state index contributed by atoms with van der Waals surface area (Å²) in [6, 6.07) is 0. The van der Waals surface area contributed by atoms with E-state index in [4.69, 9.17) is 3.07 Å². The molecule has 0 aliphatic carbocycles. The second-order valence-electron chi connectivity index (χ2n) is 3.72. The number of aromatic amines is 1. The Morgan fingerprint density at radius 2 is 1.94 bits per heavy atom. The van der Waals surface area contributed by atoms with Gasteiger partial charge in [0.05, 0.1) is 0 Å². The fourth-order valence-corrected chi connectivity index (χ4v) is 8.73. The van der Waals surface area contributed by atoms with Gasteiger partial charge in [-0.1, -0.05) is 0 Å². The summed E-state index contributed by atoms with van der Waals surface area (Å²) < 4.78 is 8.79. The molecule has 1 N–H and O–H groups in total. The average Bonchev–Trinajstić information content (AvgIpc) is 2.79. The van der Waals surface area contributed by atoms with Gasteiger partial charge in [0.2, 0.25) is 0 Å². The predicted molar refractivity (Wildman–Crippen MR) is 61.2 cm³/mol. The van der Waals surface area contributed by atoms with Crippen molar-refractivity contribution in [3.05, 3.63) is 5.82 Å². The van der Waals surface area contributed by atoms with E-state index in [2.05, 4.69) is 41.4 Å². The molecule has 0 saturated heterocycles. The number of rotatable bonds is 6. The van der Waals surface area contributed by atoms with Crippen LogP contribution >= 0.6 is 0 Å². The number of hydrogen-bond donors (Lipinski definition) is 1. The molecule has 0 unspecified atom stereocenters. The van der Waals surface area contributed by atoms with Crippen LogP contribution in [-0.4, -0.2) is 45.4 Å². The van der Waals surface area contributed by atoms with Gasteiger partial charge < -0.3 is 0 Å². The molecule has 1 rings (SSSR count). The second kappa shape index (κ2) is 6.17. The van der Waals surface area contributed by atoms with Gasteiger partial charge in [0, 0.05) is 0 Å². The van der Waals surface area contributed by atoms with Gasteiger partial charge in [0.15, 0.2) is 0 Å². The Kier molecular flexibility index (Phi) is 5.17. The zero-order valence-corrected chi connectivity index (χ0v) is 12.8. The fourth-order valence-electron chi connectivity index (χ4n) is 1.63. The molecule has 0 aromatic carbocycles. The Bertz CT molecular complexity index is 316. The van der Waals surface area contributed by atoms with E-state index in [0.717, 1.165) is 13.3 Å². The maximum atomic E-state index is 11.7. The first-order chi connectivity index (χ1) is 7.65. The first-order valence-electron chi connectivity index (χ1n) is 5.60. The molecule has 0 amide bonds. The SMILES string of the molecule is C[CH2][Sn]([CH2]C)([CH2]C)[O]C(=O)Cc1nn[nH]n1. The van der Waals surface area contributed by atoms with E-state index >= 15 is 0 Å². The van der Waals surface area contributed by atoms with Gasteiger partial charge in [0.1, 0.15) is 0 Å². The molecule has 0 radical (unpaired) electrons. The van der Waals surface area contributed by atoms with Gasteiger partial charge in [-0.2, -0.15) is 0 Å². The molecular formula is C9H18N4O2Sn. The third-order valence-electron chi connectivity index (χ3n) is 2.96. The van der Waals surface area contributed by atoms with Gasteiger partial charge in [-0.25, -0.2) is 0 Å². The summed E-state index contributed by atoms with van der Waals surface area (Å²) in [5, 5.41) is 13.2. The molecule has 0 saturated carbocycles. The molecule has 90 valence electrons. The number of tetrazole rings is 1. The topological polar surface area (TPSA) is 80.8 Å². The van der Waals surface area contributed by atoms with Crippen LogP contribution in [0.25, 0.3) is 0 Å². The van der Waals surface area contributed by atoms with Crippen LogP contribution in [-0.2, 0) is 14.3 Å². The molecular weight excluding hydrogens is 315 g/mol. The monoisotopic (exact) mass is 334 g/mol. The van der Waals surface area contributed by atoms with Gasteiger partial charge >= 0.3 is 99.6 Å². The summed E-state index contributed by atoms with van der Waals surface area (Å²) in [4.78, 5) is 11.7. The van der Waals surface area contributed by atoms with E-state index in [9.17, 15) is 4.79 Å². The zero-order valence-electron chi connectivity index (χ0n) is 9.99. The molecule has 0 aliphatic heterocycles. The van der Waals surface area contributed by atoms with Crippen LogP contribution in [0.15, 0.2) is 0 Å². The van der Waals surface area contributed by atoms with Crippen LogP contribution in [0.5, 0.6) is 0 Å². The Hall–Kier alpha value is -0.661. The number of aromatic nitrogens is 4. The Labute approximate surface area is 99.6 Å². The summed E-state index contributed by atoms with van der Waals surface area (Å²) in [6.07, 6.45) is 0.120. The van der Waals surface area contributed by atoms with Crippen molar-refractivity contribution in [3.8, 4) is 0 Å². The molecule has 0 spiro atoms. The molecule has 1 aromatic rings. The second-order valence-corrected chi connectivity index (χ2v) is 17.1. The number of hydrogen-bond acceptors (Lipinski definition) is 5. The minimum atomic E-state index is -2.62. The molecule has 0 bridgehead atoms. The zero-order chi connectivity index (χ0) is 12.0. The number of carbonyl (C=O) groups excluding carboxylic acids is 1. The van der Waals surface area contributed by atoms with Crippen LogP contribution in [0.1, 0.15) is 26.6 Å². The molecule has 0 aliphatic rings. The van der Waals surface area contributed by atoms with Crippen LogP contribution in [0.3, 0.4) is 0 Å². The van der Waals surface area contributed by atoms with Crippen LogP contribution in [0.2, 0.25) is 13.3 Å². The number of nitrogens with zero attached hydrogens (tertiary/aromatic N) is 3. The van der Waals surface area contributed by atoms with E-state index < -0.39 is 18.8 Å². The van der Waals surface area contributed by atoms with Gasteiger partial charge in [-0.05, 0) is 0 Å². The van der Waals surface area contributed by atoms with E-state index in [-0.39, 0.29) is 12.4 Å². The Balaban J connectivity index is 2.55. The van der Waals surface area contributed by atoms with Crippen molar-refractivity contribution in [1.29, 1.82) is 0 Å². The number of nitrogens with one attached hydrogen (secondary N) is 1. The van der Waals surface area contributed by atoms with Crippen molar-refractivity contribution in [2.45, 2.75) is 40.5 Å². The van der Waals surface area contributed by atoms with Gasteiger partial charge in [-0.3, -0.25) is 0 Å². The molecule has 7 heteroatoms. The van der Waals surface area contributed by atoms with Crippen LogP contribution < -0.4 is 0 Å². The third kappa shape index (κ3) is 3.43. The van der Waals surface area contributed by atoms with Crippen molar-refractivity contribution in [2.75, 3.05) is 0 Å². The van der Waals surface area contributed by atoms with Gasteiger partial charge in [0.25, 0.3) is 0 Å². The van der Waals surface area contributed by atoms with Crippen molar-refractivity contribution < 1.29 is 7.87 Å². The standard InChI is InChI=1S/C3H4N4O2.3C2H5.Sn/c8-3(9)1-2-4-6-7-5-2;3*1-2;/h1H2,(H,8,9)(H,4,5,6,7);3*1H2,2H3;/q;;;;+1/p-1. The van der Waals surface area contributed by atoms with Crippen molar-refractivity contribution in [3.63, 3.8) is 0 Å². The number of carbonyl (C=O) groups is 1. The van der Waals surface area contributed by atoms with Gasteiger partial charge in [-0.15, -0.1) is 0 Å². The molecule has 1 heterocycles.